The molecule has 1 unspecified atom stereocenters. The normalized spacial score (nSPS) is 18.9. The Hall–Kier alpha value is 1.09. The highest BCUT2D eigenvalue weighted by Gasteiger charge is 2.56. The predicted octanol–water partition coefficient (Wildman–Crippen LogP) is 5.10. The average molecular weight is 262 g/mol. The van der Waals surface area contributed by atoms with Gasteiger partial charge in [0.25, 0.3) is 0 Å². The fraction of sp³-hybridized carbons (Fsp3) is 1.00. The van der Waals surface area contributed by atoms with Crippen molar-refractivity contribution in [1.29, 1.82) is 0 Å². The molecule has 0 rings (SSSR count). The van der Waals surface area contributed by atoms with Gasteiger partial charge in [-0.3, -0.25) is 0 Å². The topological polar surface area (TPSA) is 0 Å². The van der Waals surface area contributed by atoms with Crippen molar-refractivity contribution in [3.05, 3.63) is 0 Å². The van der Waals surface area contributed by atoms with Crippen LogP contribution in [-0.2, 0) is 0 Å². The molecule has 0 fully saturated rings. The molecular weight excluding hydrogens is 243 g/mol. The van der Waals surface area contributed by atoms with Crippen molar-refractivity contribution in [2.75, 3.05) is 0 Å². The first-order valence-electron chi connectivity index (χ1n) is 4.51. The molecule has 1 atom stereocenters. The van der Waals surface area contributed by atoms with Gasteiger partial charge < -0.3 is 0 Å². The Balaban J connectivity index is 5.22. The maximum Gasteiger partial charge on any atom is 0.347 e. The van der Waals surface area contributed by atoms with E-state index in [2.05, 4.69) is 41.5 Å². The maximum atomic E-state index is 6.19. The molecule has 13 heavy (non-hydrogen) atoms. The molecule has 0 bridgehead atoms. The summed E-state index contributed by atoms with van der Waals surface area (Å²) in [6.45, 7) is 12.8. The summed E-state index contributed by atoms with van der Waals surface area (Å²) in [5.74, 6) is 0.381. The molecule has 0 amide bonds. The van der Waals surface area contributed by atoms with E-state index in [0.717, 1.165) is 0 Å². The van der Waals surface area contributed by atoms with Crippen molar-refractivity contribution in [3.63, 3.8) is 0 Å². The molecule has 80 valence electrons. The largest absolute Gasteiger partial charge is 0.347 e. The Bertz CT molecular complexity index is 162. The Morgan fingerprint density at radius 2 is 1.23 bits per heavy atom. The quantitative estimate of drug-likeness (QED) is 0.479. The van der Waals surface area contributed by atoms with E-state index in [4.69, 9.17) is 33.2 Å². The summed E-state index contributed by atoms with van der Waals surface area (Å²) in [6, 6.07) is -2.69. The van der Waals surface area contributed by atoms with Crippen LogP contribution >= 0.6 is 33.2 Å². The molecule has 0 radical (unpaired) electrons. The zero-order valence-corrected chi connectivity index (χ0v) is 12.5. The van der Waals surface area contributed by atoms with Crippen LogP contribution in [0.5, 0.6) is 0 Å². The summed E-state index contributed by atoms with van der Waals surface area (Å²) < 4.78 is 0. The van der Waals surface area contributed by atoms with Gasteiger partial charge in [0.2, 0.25) is 0 Å². The summed E-state index contributed by atoms with van der Waals surface area (Å²) in [4.78, 5) is 0. The number of halogens is 3. The van der Waals surface area contributed by atoms with Gasteiger partial charge in [-0.15, -0.1) is 33.2 Å². The van der Waals surface area contributed by atoms with E-state index >= 15 is 0 Å². The van der Waals surface area contributed by atoms with Crippen LogP contribution in [0, 0.1) is 11.3 Å². The zero-order chi connectivity index (χ0) is 11.1. The first-order valence-corrected chi connectivity index (χ1v) is 9.55. The lowest BCUT2D eigenvalue weighted by molar-refractivity contribution is 0.215. The molecule has 4 heteroatoms. The summed E-state index contributed by atoms with van der Waals surface area (Å²) in [7, 11) is 0. The molecule has 0 aromatic rings. The van der Waals surface area contributed by atoms with Crippen LogP contribution in [0.2, 0.25) is 5.04 Å². The van der Waals surface area contributed by atoms with E-state index in [0.29, 0.717) is 5.92 Å². The molecular formula is C9H19Cl3Si. The first-order chi connectivity index (χ1) is 5.44. The summed E-state index contributed by atoms with van der Waals surface area (Å²) in [6.07, 6.45) is 0. The number of hydrogen-bond donors (Lipinski definition) is 0. The van der Waals surface area contributed by atoms with Crippen LogP contribution in [-0.4, -0.2) is 6.00 Å². The van der Waals surface area contributed by atoms with E-state index in [1.54, 1.807) is 0 Å². The Kier molecular flexibility index (Phi) is 4.25. The van der Waals surface area contributed by atoms with E-state index in [1.165, 1.54) is 0 Å². The molecule has 0 aliphatic heterocycles. The molecule has 0 heterocycles. The van der Waals surface area contributed by atoms with E-state index in [1.807, 2.05) is 0 Å². The summed E-state index contributed by atoms with van der Waals surface area (Å²) in [5, 5.41) is -0.190. The fourth-order valence-electron chi connectivity index (χ4n) is 1.62. The average Bonchev–Trinajstić information content (AvgIpc) is 1.80. The van der Waals surface area contributed by atoms with Gasteiger partial charge in [0.15, 0.2) is 0 Å². The minimum atomic E-state index is -2.69. The van der Waals surface area contributed by atoms with E-state index in [9.17, 15) is 0 Å². The molecule has 0 spiro atoms. The lowest BCUT2D eigenvalue weighted by atomic mass is 9.74. The highest BCUT2D eigenvalue weighted by atomic mass is 35.8. The molecule has 0 saturated heterocycles. The second-order valence-corrected chi connectivity index (χ2v) is 14.0. The Labute approximate surface area is 97.1 Å². The van der Waals surface area contributed by atoms with Crippen molar-refractivity contribution in [3.8, 4) is 0 Å². The highest BCUT2D eigenvalue weighted by Crippen LogP contribution is 2.61. The lowest BCUT2D eigenvalue weighted by Crippen LogP contribution is -2.44. The van der Waals surface area contributed by atoms with Crippen LogP contribution in [0.4, 0.5) is 0 Å². The van der Waals surface area contributed by atoms with Crippen molar-refractivity contribution in [1.82, 2.24) is 0 Å². The lowest BCUT2D eigenvalue weighted by Gasteiger charge is -2.48. The first kappa shape index (κ1) is 14.1. The fourth-order valence-corrected chi connectivity index (χ4v) is 7.64. The third-order valence-electron chi connectivity index (χ3n) is 3.30. The molecule has 0 aromatic carbocycles. The summed E-state index contributed by atoms with van der Waals surface area (Å²) in [5.41, 5.74) is 0.0264. The van der Waals surface area contributed by atoms with Crippen LogP contribution in [0.25, 0.3) is 0 Å². The van der Waals surface area contributed by atoms with Crippen molar-refractivity contribution < 1.29 is 0 Å². The third kappa shape index (κ3) is 2.56. The monoisotopic (exact) mass is 260 g/mol. The third-order valence-corrected chi connectivity index (χ3v) is 9.34. The molecule has 0 saturated carbocycles. The molecule has 0 aromatic heterocycles. The molecule has 0 aliphatic carbocycles. The van der Waals surface area contributed by atoms with Gasteiger partial charge in [0.1, 0.15) is 0 Å². The van der Waals surface area contributed by atoms with Gasteiger partial charge in [-0.2, -0.15) is 0 Å². The zero-order valence-electron chi connectivity index (χ0n) is 9.21. The summed E-state index contributed by atoms with van der Waals surface area (Å²) >= 11 is 18.6. The van der Waals surface area contributed by atoms with Crippen LogP contribution in [0.1, 0.15) is 41.5 Å². The highest BCUT2D eigenvalue weighted by molar-refractivity contribution is 7.65. The molecule has 0 nitrogen and oxygen atoms in total. The minimum absolute atomic E-state index is 0.0264. The second kappa shape index (κ2) is 3.92. The SMILES string of the molecule is CC(C)C(C)(C(C)(C)C)[Si](Cl)(Cl)Cl. The van der Waals surface area contributed by atoms with E-state index < -0.39 is 6.00 Å². The molecule has 0 N–H and O–H groups in total. The van der Waals surface area contributed by atoms with Crippen LogP contribution in [0.15, 0.2) is 0 Å². The maximum absolute atomic E-state index is 6.19. The standard InChI is InChI=1S/C9H19Cl3Si/c1-7(2)9(6,8(3,4)5)13(10,11)12/h7H,1-6H3. The van der Waals surface area contributed by atoms with Gasteiger partial charge in [-0.25, -0.2) is 0 Å². The Morgan fingerprint density at radius 3 is 1.23 bits per heavy atom. The van der Waals surface area contributed by atoms with Crippen molar-refractivity contribution in [2.24, 2.45) is 11.3 Å². The van der Waals surface area contributed by atoms with Gasteiger partial charge in [0.05, 0.1) is 0 Å². The van der Waals surface area contributed by atoms with Gasteiger partial charge in [-0.1, -0.05) is 41.5 Å². The van der Waals surface area contributed by atoms with Crippen LogP contribution in [0.3, 0.4) is 0 Å². The number of rotatable bonds is 2. The Morgan fingerprint density at radius 1 is 0.923 bits per heavy atom. The van der Waals surface area contributed by atoms with Gasteiger partial charge in [-0.05, 0) is 11.3 Å². The minimum Gasteiger partial charge on any atom is -0.125 e. The van der Waals surface area contributed by atoms with Crippen LogP contribution < -0.4 is 0 Å². The van der Waals surface area contributed by atoms with Gasteiger partial charge >= 0.3 is 6.00 Å². The second-order valence-electron chi connectivity index (χ2n) is 5.10. The smallest absolute Gasteiger partial charge is 0.125 e. The predicted molar refractivity (Wildman–Crippen MR) is 66.0 cm³/mol. The van der Waals surface area contributed by atoms with Gasteiger partial charge in [0, 0.05) is 5.04 Å². The van der Waals surface area contributed by atoms with Crippen molar-refractivity contribution in [2.45, 2.75) is 46.6 Å². The van der Waals surface area contributed by atoms with Crippen molar-refractivity contribution >= 4 is 39.2 Å². The molecule has 0 aliphatic rings. The van der Waals surface area contributed by atoms with E-state index in [-0.39, 0.29) is 10.5 Å². The number of hydrogen-bond acceptors (Lipinski definition) is 0.